The van der Waals surface area contributed by atoms with Gasteiger partial charge in [0.15, 0.2) is 5.82 Å². The molecule has 1 heterocycles. The van der Waals surface area contributed by atoms with Gasteiger partial charge in [-0.05, 0) is 35.9 Å². The van der Waals surface area contributed by atoms with Crippen LogP contribution in [0.2, 0.25) is 5.28 Å². The number of para-hydroxylation sites is 2. The lowest BCUT2D eigenvalue weighted by molar-refractivity contribution is -0.137. The van der Waals surface area contributed by atoms with E-state index in [0.29, 0.717) is 11.3 Å². The topological polar surface area (TPSA) is 39.9 Å². The van der Waals surface area contributed by atoms with Gasteiger partial charge in [-0.25, -0.2) is 4.68 Å². The van der Waals surface area contributed by atoms with Gasteiger partial charge in [-0.1, -0.05) is 24.3 Å². The summed E-state index contributed by atoms with van der Waals surface area (Å²) in [5, 5.41) is 3.95. The molecule has 0 bridgehead atoms. The maximum absolute atomic E-state index is 13.2. The van der Waals surface area contributed by atoms with Gasteiger partial charge in [0.2, 0.25) is 5.28 Å². The smallest absolute Gasteiger partial charge is 0.418 e. The molecule has 0 aliphatic heterocycles. The maximum Gasteiger partial charge on any atom is 0.418 e. The van der Waals surface area contributed by atoms with Gasteiger partial charge in [0, 0.05) is 0 Å². The lowest BCUT2D eigenvalue weighted by Crippen LogP contribution is -2.11. The van der Waals surface area contributed by atoms with E-state index >= 15 is 0 Å². The van der Waals surface area contributed by atoms with Crippen LogP contribution < -0.4 is 4.74 Å². The summed E-state index contributed by atoms with van der Waals surface area (Å²) in [4.78, 5) is 4.06. The molecule has 4 nitrogen and oxygen atoms in total. The van der Waals surface area contributed by atoms with Crippen molar-refractivity contribution in [3.05, 3.63) is 59.4 Å². The van der Waals surface area contributed by atoms with Crippen LogP contribution in [0.4, 0.5) is 13.2 Å². The second-order valence-electron chi connectivity index (χ2n) is 4.83. The highest BCUT2D eigenvalue weighted by Crippen LogP contribution is 2.35. The summed E-state index contributed by atoms with van der Waals surface area (Å²) in [5.41, 5.74) is -0.503. The molecule has 0 fully saturated rings. The maximum atomic E-state index is 13.2. The predicted molar refractivity (Wildman–Crippen MR) is 83.4 cm³/mol. The minimum absolute atomic E-state index is 0.174. The van der Waals surface area contributed by atoms with Gasteiger partial charge in [-0.15, -0.1) is 5.10 Å². The van der Waals surface area contributed by atoms with Crippen molar-refractivity contribution < 1.29 is 17.9 Å². The predicted octanol–water partition coefficient (Wildman–Crippen LogP) is 4.62. The van der Waals surface area contributed by atoms with Crippen LogP contribution in [-0.2, 0) is 6.18 Å². The van der Waals surface area contributed by atoms with Crippen LogP contribution in [-0.4, -0.2) is 21.9 Å². The number of aromatic nitrogens is 3. The van der Waals surface area contributed by atoms with E-state index < -0.39 is 11.7 Å². The Morgan fingerprint density at radius 1 is 1.04 bits per heavy atom. The molecule has 3 aromatic rings. The van der Waals surface area contributed by atoms with Crippen molar-refractivity contribution in [2.45, 2.75) is 6.18 Å². The highest BCUT2D eigenvalue weighted by molar-refractivity contribution is 6.28. The van der Waals surface area contributed by atoms with E-state index in [1.54, 1.807) is 24.3 Å². The van der Waals surface area contributed by atoms with Gasteiger partial charge in [0.1, 0.15) is 5.75 Å². The molecule has 2 aromatic carbocycles. The van der Waals surface area contributed by atoms with Crippen LogP contribution >= 0.6 is 11.6 Å². The molecule has 0 spiro atoms. The third-order valence-corrected chi connectivity index (χ3v) is 3.60. The molecule has 0 atom stereocenters. The fraction of sp³-hybridized carbons (Fsp3) is 0.125. The number of hydrogen-bond donors (Lipinski definition) is 0. The number of alkyl halides is 3. The van der Waals surface area contributed by atoms with E-state index in [2.05, 4.69) is 10.1 Å². The first-order valence-electron chi connectivity index (χ1n) is 6.84. The molecule has 0 radical (unpaired) electrons. The zero-order chi connectivity index (χ0) is 17.3. The molecule has 0 saturated heterocycles. The van der Waals surface area contributed by atoms with Crippen molar-refractivity contribution in [2.75, 3.05) is 7.11 Å². The summed E-state index contributed by atoms with van der Waals surface area (Å²) in [6, 6.07) is 11.9. The molecule has 0 aliphatic carbocycles. The fourth-order valence-corrected chi connectivity index (χ4v) is 2.50. The molecular formula is C16H11ClF3N3O. The fourth-order valence-electron chi connectivity index (χ4n) is 2.29. The number of nitrogens with zero attached hydrogens (tertiary/aromatic N) is 3. The molecule has 3 rings (SSSR count). The number of hydrogen-bond acceptors (Lipinski definition) is 3. The monoisotopic (exact) mass is 353 g/mol. The minimum atomic E-state index is -4.53. The quantitative estimate of drug-likeness (QED) is 0.690. The van der Waals surface area contributed by atoms with Gasteiger partial charge in [0.05, 0.1) is 23.9 Å². The normalized spacial score (nSPS) is 11.5. The lowest BCUT2D eigenvalue weighted by Gasteiger charge is -2.12. The summed E-state index contributed by atoms with van der Waals surface area (Å²) in [5.74, 6) is 0.671. The molecule has 0 unspecified atom stereocenters. The largest absolute Gasteiger partial charge is 0.496 e. The molecule has 0 amide bonds. The lowest BCUT2D eigenvalue weighted by atomic mass is 10.2. The molecule has 0 N–H and O–H groups in total. The standard InChI is InChI=1S/C16H11ClF3N3O/c1-24-13-9-5-2-6-10(13)14-21-15(17)23(22-14)12-8-4-3-7-11(12)16(18,19)20/h2-9H,1H3. The van der Waals surface area contributed by atoms with Crippen LogP contribution in [0, 0.1) is 0 Å². The molecule has 24 heavy (non-hydrogen) atoms. The summed E-state index contributed by atoms with van der Waals surface area (Å²) in [6.07, 6.45) is -4.53. The van der Waals surface area contributed by atoms with E-state index in [9.17, 15) is 13.2 Å². The minimum Gasteiger partial charge on any atom is -0.496 e. The van der Waals surface area contributed by atoms with Gasteiger partial charge in [0.25, 0.3) is 0 Å². The average molecular weight is 354 g/mol. The van der Waals surface area contributed by atoms with Crippen molar-refractivity contribution in [2.24, 2.45) is 0 Å². The van der Waals surface area contributed by atoms with Crippen LogP contribution in [0.15, 0.2) is 48.5 Å². The average Bonchev–Trinajstić information content (AvgIpc) is 2.95. The van der Waals surface area contributed by atoms with E-state index in [-0.39, 0.29) is 16.8 Å². The summed E-state index contributed by atoms with van der Waals surface area (Å²) < 4.78 is 45.8. The number of ether oxygens (including phenoxy) is 1. The Labute approximate surface area is 140 Å². The van der Waals surface area contributed by atoms with Crippen molar-refractivity contribution in [1.29, 1.82) is 0 Å². The third kappa shape index (κ3) is 2.94. The first kappa shape index (κ1) is 16.3. The first-order chi connectivity index (χ1) is 11.4. The van der Waals surface area contributed by atoms with E-state index in [4.69, 9.17) is 16.3 Å². The second-order valence-corrected chi connectivity index (χ2v) is 5.17. The van der Waals surface area contributed by atoms with Gasteiger partial charge < -0.3 is 4.74 Å². The van der Waals surface area contributed by atoms with Crippen LogP contribution in [0.3, 0.4) is 0 Å². The first-order valence-corrected chi connectivity index (χ1v) is 7.22. The van der Waals surface area contributed by atoms with Gasteiger partial charge >= 0.3 is 6.18 Å². The van der Waals surface area contributed by atoms with Crippen LogP contribution in [0.25, 0.3) is 17.1 Å². The van der Waals surface area contributed by atoms with Crippen LogP contribution in [0.5, 0.6) is 5.75 Å². The molecule has 0 aliphatic rings. The molecule has 8 heteroatoms. The Balaban J connectivity index is 2.15. The number of halogens is 4. The van der Waals surface area contributed by atoms with Crippen molar-refractivity contribution in [3.8, 4) is 22.8 Å². The summed E-state index contributed by atoms with van der Waals surface area (Å²) in [7, 11) is 1.48. The van der Waals surface area contributed by atoms with Crippen molar-refractivity contribution >= 4 is 11.6 Å². The third-order valence-electron chi connectivity index (χ3n) is 3.35. The highest BCUT2D eigenvalue weighted by atomic mass is 35.5. The van der Waals surface area contributed by atoms with Gasteiger partial charge in [-0.3, -0.25) is 0 Å². The second kappa shape index (κ2) is 6.16. The Hall–Kier alpha value is -2.54. The van der Waals surface area contributed by atoms with E-state index in [0.717, 1.165) is 10.7 Å². The van der Waals surface area contributed by atoms with Crippen molar-refractivity contribution in [1.82, 2.24) is 14.8 Å². The Morgan fingerprint density at radius 2 is 1.71 bits per heavy atom. The van der Waals surface area contributed by atoms with E-state index in [1.807, 2.05) is 0 Å². The number of rotatable bonds is 3. The number of benzene rings is 2. The van der Waals surface area contributed by atoms with Crippen LogP contribution in [0.1, 0.15) is 5.56 Å². The van der Waals surface area contributed by atoms with Gasteiger partial charge in [-0.2, -0.15) is 18.2 Å². The Kier molecular flexibility index (Phi) is 4.19. The highest BCUT2D eigenvalue weighted by Gasteiger charge is 2.34. The molecule has 1 aromatic heterocycles. The zero-order valence-electron chi connectivity index (χ0n) is 12.4. The Morgan fingerprint density at radius 3 is 2.42 bits per heavy atom. The van der Waals surface area contributed by atoms with Crippen molar-refractivity contribution in [3.63, 3.8) is 0 Å². The summed E-state index contributed by atoms with van der Waals surface area (Å²) >= 11 is 6.03. The molecule has 124 valence electrons. The number of methoxy groups -OCH3 is 1. The molecular weight excluding hydrogens is 343 g/mol. The zero-order valence-corrected chi connectivity index (χ0v) is 13.1. The SMILES string of the molecule is COc1ccccc1-c1nc(Cl)n(-c2ccccc2C(F)(F)F)n1. The van der Waals surface area contributed by atoms with E-state index in [1.165, 1.54) is 25.3 Å². The Bertz CT molecular complexity index is 877. The summed E-state index contributed by atoms with van der Waals surface area (Å²) in [6.45, 7) is 0. The molecule has 0 saturated carbocycles.